The lowest BCUT2D eigenvalue weighted by molar-refractivity contribution is -0.123. The fourth-order valence-electron chi connectivity index (χ4n) is 4.04. The van der Waals surface area contributed by atoms with E-state index in [1.165, 1.54) is 0 Å². The Morgan fingerprint density at radius 1 is 1.14 bits per heavy atom. The van der Waals surface area contributed by atoms with Crippen LogP contribution in [0.25, 0.3) is 22.0 Å². The Hall–Kier alpha value is -3.41. The smallest absolute Gasteiger partial charge is 0.253 e. The monoisotopic (exact) mass is 389 g/mol. The van der Waals surface area contributed by atoms with Crippen molar-refractivity contribution < 1.29 is 9.59 Å². The highest BCUT2D eigenvalue weighted by atomic mass is 16.2. The number of aromatic nitrogens is 1. The van der Waals surface area contributed by atoms with Crippen LogP contribution in [-0.4, -0.2) is 34.8 Å². The summed E-state index contributed by atoms with van der Waals surface area (Å²) in [5.41, 5.74) is 9.23. The molecule has 1 aliphatic heterocycles. The summed E-state index contributed by atoms with van der Waals surface area (Å²) in [4.78, 5) is 41.9. The Bertz CT molecular complexity index is 1170. The fraction of sp³-hybridized carbons (Fsp3) is 0.261. The Kier molecular flexibility index (Phi) is 4.92. The number of piperidine rings is 1. The maximum Gasteiger partial charge on any atom is 0.253 e. The quantitative estimate of drug-likeness (QED) is 0.721. The molecule has 3 aromatic rings. The summed E-state index contributed by atoms with van der Waals surface area (Å²) in [5, 5.41) is 0.616. The number of fused-ring (bicyclic) bond motifs is 1. The predicted octanol–water partition coefficient (Wildman–Crippen LogP) is 2.84. The van der Waals surface area contributed by atoms with E-state index in [9.17, 15) is 14.4 Å². The number of nitrogens with zero attached hydrogens (tertiary/aromatic N) is 1. The van der Waals surface area contributed by atoms with E-state index < -0.39 is 0 Å². The number of carbonyl (C=O) groups excluding carboxylic acids is 2. The number of nitrogens with two attached hydrogens (primary N) is 1. The standard InChI is InChI=1S/C23H23N3O3/c1-14-11-20(27)19-9-3-8-18(21(19)25-14)15-5-2-6-16(12-15)23(29)26-10-4-7-17(13-26)22(24)28/h2-3,5-6,8-9,11-12,17H,4,7,10,13H2,1H3,(H2,24,28)(H,25,27). The van der Waals surface area contributed by atoms with Crippen LogP contribution in [0, 0.1) is 12.8 Å². The van der Waals surface area contributed by atoms with Gasteiger partial charge in [0.15, 0.2) is 5.43 Å². The minimum atomic E-state index is -0.355. The number of primary amides is 1. The zero-order chi connectivity index (χ0) is 20.5. The molecule has 1 aliphatic rings. The predicted molar refractivity (Wildman–Crippen MR) is 113 cm³/mol. The molecular weight excluding hydrogens is 366 g/mol. The summed E-state index contributed by atoms with van der Waals surface area (Å²) in [6.45, 7) is 2.83. The fourth-order valence-corrected chi connectivity index (χ4v) is 4.04. The number of nitrogens with one attached hydrogen (secondary N) is 1. The minimum absolute atomic E-state index is 0.0314. The number of rotatable bonds is 3. The van der Waals surface area contributed by atoms with Crippen LogP contribution in [-0.2, 0) is 4.79 Å². The average Bonchev–Trinajstić information content (AvgIpc) is 2.73. The maximum atomic E-state index is 13.0. The molecule has 1 atom stereocenters. The first-order chi connectivity index (χ1) is 13.9. The van der Waals surface area contributed by atoms with Gasteiger partial charge in [-0.2, -0.15) is 0 Å². The molecule has 0 aliphatic carbocycles. The zero-order valence-electron chi connectivity index (χ0n) is 16.3. The number of benzene rings is 2. The van der Waals surface area contributed by atoms with Gasteiger partial charge >= 0.3 is 0 Å². The second kappa shape index (κ2) is 7.54. The molecule has 0 spiro atoms. The second-order valence-corrected chi connectivity index (χ2v) is 7.62. The maximum absolute atomic E-state index is 13.0. The van der Waals surface area contributed by atoms with Crippen molar-refractivity contribution >= 4 is 22.7 Å². The lowest BCUT2D eigenvalue weighted by atomic mass is 9.96. The third kappa shape index (κ3) is 3.66. The van der Waals surface area contributed by atoms with Crippen LogP contribution >= 0.6 is 0 Å². The molecule has 2 heterocycles. The Morgan fingerprint density at radius 2 is 1.93 bits per heavy atom. The topological polar surface area (TPSA) is 96.3 Å². The van der Waals surface area contributed by atoms with Crippen molar-refractivity contribution in [1.82, 2.24) is 9.88 Å². The summed E-state index contributed by atoms with van der Waals surface area (Å²) in [5.74, 6) is -0.754. The average molecular weight is 389 g/mol. The van der Waals surface area contributed by atoms with Crippen molar-refractivity contribution in [2.75, 3.05) is 13.1 Å². The minimum Gasteiger partial charge on any atom is -0.369 e. The first-order valence-electron chi connectivity index (χ1n) is 9.76. The summed E-state index contributed by atoms with van der Waals surface area (Å²) in [6.07, 6.45) is 1.49. The molecule has 6 nitrogen and oxygen atoms in total. The van der Waals surface area contributed by atoms with E-state index in [1.807, 2.05) is 37.3 Å². The number of amides is 2. The first kappa shape index (κ1) is 18.9. The van der Waals surface area contributed by atoms with Crippen molar-refractivity contribution in [1.29, 1.82) is 0 Å². The number of hydrogen-bond acceptors (Lipinski definition) is 3. The van der Waals surface area contributed by atoms with Crippen molar-refractivity contribution in [2.45, 2.75) is 19.8 Å². The van der Waals surface area contributed by atoms with E-state index in [2.05, 4.69) is 4.98 Å². The number of H-pyrrole nitrogens is 1. The van der Waals surface area contributed by atoms with Crippen molar-refractivity contribution in [3.8, 4) is 11.1 Å². The highest BCUT2D eigenvalue weighted by molar-refractivity contribution is 5.98. The van der Waals surface area contributed by atoms with Crippen LogP contribution in [0.15, 0.2) is 53.3 Å². The van der Waals surface area contributed by atoms with Crippen LogP contribution in [0.2, 0.25) is 0 Å². The van der Waals surface area contributed by atoms with Crippen LogP contribution in [0.5, 0.6) is 0 Å². The Morgan fingerprint density at radius 3 is 2.72 bits per heavy atom. The molecule has 6 heteroatoms. The van der Waals surface area contributed by atoms with Crippen LogP contribution in [0.1, 0.15) is 28.9 Å². The van der Waals surface area contributed by atoms with Crippen molar-refractivity contribution in [3.63, 3.8) is 0 Å². The summed E-state index contributed by atoms with van der Waals surface area (Å²) in [7, 11) is 0. The van der Waals surface area contributed by atoms with E-state index in [0.717, 1.165) is 35.2 Å². The van der Waals surface area contributed by atoms with Gasteiger partial charge in [-0.3, -0.25) is 14.4 Å². The number of hydrogen-bond donors (Lipinski definition) is 2. The summed E-state index contributed by atoms with van der Waals surface area (Å²) >= 11 is 0. The Labute approximate surface area is 168 Å². The molecule has 0 bridgehead atoms. The summed E-state index contributed by atoms with van der Waals surface area (Å²) < 4.78 is 0. The first-order valence-corrected chi connectivity index (χ1v) is 9.76. The zero-order valence-corrected chi connectivity index (χ0v) is 16.3. The molecule has 3 N–H and O–H groups in total. The van der Waals surface area contributed by atoms with E-state index in [1.54, 1.807) is 23.1 Å². The number of carbonyl (C=O) groups is 2. The molecule has 1 unspecified atom stereocenters. The largest absolute Gasteiger partial charge is 0.369 e. The summed E-state index contributed by atoms with van der Waals surface area (Å²) in [6, 6.07) is 14.5. The van der Waals surface area contributed by atoms with Gasteiger partial charge in [-0.25, -0.2) is 0 Å². The number of para-hydroxylation sites is 1. The number of likely N-dealkylation sites (tertiary alicyclic amines) is 1. The molecule has 4 rings (SSSR count). The van der Waals surface area contributed by atoms with Crippen LogP contribution in [0.3, 0.4) is 0 Å². The van der Waals surface area contributed by atoms with E-state index in [4.69, 9.17) is 5.73 Å². The molecule has 148 valence electrons. The second-order valence-electron chi connectivity index (χ2n) is 7.62. The van der Waals surface area contributed by atoms with Gasteiger partial charge in [0.2, 0.25) is 5.91 Å². The van der Waals surface area contributed by atoms with E-state index >= 15 is 0 Å². The molecule has 0 radical (unpaired) electrons. The Balaban J connectivity index is 1.72. The lowest BCUT2D eigenvalue weighted by Gasteiger charge is -2.31. The van der Waals surface area contributed by atoms with E-state index in [0.29, 0.717) is 24.0 Å². The van der Waals surface area contributed by atoms with Gasteiger partial charge in [-0.15, -0.1) is 0 Å². The van der Waals surface area contributed by atoms with Crippen molar-refractivity contribution in [2.24, 2.45) is 11.7 Å². The third-order valence-electron chi connectivity index (χ3n) is 5.53. The van der Waals surface area contributed by atoms with Gasteiger partial charge < -0.3 is 15.6 Å². The van der Waals surface area contributed by atoms with Gasteiger partial charge in [0.25, 0.3) is 5.91 Å². The highest BCUT2D eigenvalue weighted by Gasteiger charge is 2.27. The van der Waals surface area contributed by atoms with Gasteiger partial charge in [0.1, 0.15) is 0 Å². The van der Waals surface area contributed by atoms with Gasteiger partial charge in [-0.05, 0) is 43.5 Å². The lowest BCUT2D eigenvalue weighted by Crippen LogP contribution is -2.44. The number of pyridine rings is 1. The number of aryl methyl sites for hydroxylation is 1. The molecular formula is C23H23N3O3. The van der Waals surface area contributed by atoms with Crippen LogP contribution < -0.4 is 11.2 Å². The normalized spacial score (nSPS) is 16.7. The van der Waals surface area contributed by atoms with Gasteiger partial charge in [-0.1, -0.05) is 24.3 Å². The van der Waals surface area contributed by atoms with Gasteiger partial charge in [0, 0.05) is 41.4 Å². The molecule has 1 aromatic heterocycles. The van der Waals surface area contributed by atoms with Crippen LogP contribution in [0.4, 0.5) is 0 Å². The molecule has 1 fully saturated rings. The molecule has 2 aromatic carbocycles. The SMILES string of the molecule is Cc1cc(=O)c2cccc(-c3cccc(C(=O)N4CCCC(C(N)=O)C4)c3)c2[nH]1. The highest BCUT2D eigenvalue weighted by Crippen LogP contribution is 2.28. The van der Waals surface area contributed by atoms with Gasteiger partial charge in [0.05, 0.1) is 11.4 Å². The molecule has 0 saturated carbocycles. The molecule has 1 saturated heterocycles. The number of aromatic amines is 1. The third-order valence-corrected chi connectivity index (χ3v) is 5.53. The van der Waals surface area contributed by atoms with Crippen molar-refractivity contribution in [3.05, 3.63) is 70.0 Å². The van der Waals surface area contributed by atoms with E-state index in [-0.39, 0.29) is 23.2 Å². The molecule has 29 heavy (non-hydrogen) atoms. The molecule has 2 amide bonds.